The zero-order valence-electron chi connectivity index (χ0n) is 12.2. The zero-order chi connectivity index (χ0) is 16.5. The molecule has 0 aliphatic carbocycles. The van der Waals surface area contributed by atoms with Crippen LogP contribution in [0.3, 0.4) is 0 Å². The van der Waals surface area contributed by atoms with Crippen LogP contribution in [-0.2, 0) is 11.3 Å². The van der Waals surface area contributed by atoms with Crippen molar-refractivity contribution in [1.29, 1.82) is 0 Å². The number of nitrogens with zero attached hydrogens (tertiary/aromatic N) is 3. The van der Waals surface area contributed by atoms with E-state index in [1.807, 2.05) is 18.2 Å². The van der Waals surface area contributed by atoms with Gasteiger partial charge in [-0.2, -0.15) is 9.67 Å². The Morgan fingerprint density at radius 3 is 2.70 bits per heavy atom. The highest BCUT2D eigenvalue weighted by molar-refractivity contribution is 5.81. The highest BCUT2D eigenvalue weighted by Crippen LogP contribution is 2.18. The molecule has 0 radical (unpaired) electrons. The molecule has 0 spiro atoms. The molecule has 0 bridgehead atoms. The van der Waals surface area contributed by atoms with Gasteiger partial charge >= 0.3 is 5.91 Å². The van der Waals surface area contributed by atoms with E-state index in [0.29, 0.717) is 5.56 Å². The Bertz CT molecular complexity index is 742. The molecule has 1 aromatic carbocycles. The van der Waals surface area contributed by atoms with Crippen LogP contribution >= 0.6 is 0 Å². The largest absolute Gasteiger partial charge is 0.305 e. The maximum atomic E-state index is 11.6. The second-order valence-corrected chi connectivity index (χ2v) is 4.54. The molecule has 2 rings (SSSR count). The summed E-state index contributed by atoms with van der Waals surface area (Å²) >= 11 is 0. The van der Waals surface area contributed by atoms with E-state index in [4.69, 9.17) is 0 Å². The molecular formula is C16H15N4O3+. The van der Waals surface area contributed by atoms with Crippen LogP contribution in [0, 0.1) is 10.1 Å². The zero-order valence-corrected chi connectivity index (χ0v) is 12.2. The molecule has 0 aliphatic rings. The number of aromatic nitrogens is 1. The van der Waals surface area contributed by atoms with Crippen molar-refractivity contribution in [2.75, 3.05) is 0 Å². The van der Waals surface area contributed by atoms with Crippen LogP contribution in [0.5, 0.6) is 0 Å². The summed E-state index contributed by atoms with van der Waals surface area (Å²) < 4.78 is 1.72. The topological polar surface area (TPSA) is 88.5 Å². The Balaban J connectivity index is 1.87. The van der Waals surface area contributed by atoms with Crippen molar-refractivity contribution in [3.8, 4) is 0 Å². The number of hydrazone groups is 1. The van der Waals surface area contributed by atoms with Crippen molar-refractivity contribution >= 4 is 23.9 Å². The number of benzene rings is 1. The first-order chi connectivity index (χ1) is 11.2. The van der Waals surface area contributed by atoms with E-state index in [-0.39, 0.29) is 18.1 Å². The number of allylic oxidation sites excluding steroid dienone is 1. The van der Waals surface area contributed by atoms with Gasteiger partial charge in [0.05, 0.1) is 10.5 Å². The van der Waals surface area contributed by atoms with Crippen molar-refractivity contribution < 1.29 is 14.3 Å². The van der Waals surface area contributed by atoms with Crippen molar-refractivity contribution in [2.45, 2.75) is 6.54 Å². The molecule has 0 saturated heterocycles. The van der Waals surface area contributed by atoms with Gasteiger partial charge in [-0.15, -0.1) is 0 Å². The van der Waals surface area contributed by atoms with Crippen LogP contribution in [0.15, 0.2) is 66.0 Å². The first-order valence-corrected chi connectivity index (χ1v) is 6.83. The summed E-state index contributed by atoms with van der Waals surface area (Å²) in [5.41, 5.74) is 2.86. The number of amides is 1. The minimum Gasteiger partial charge on any atom is -0.266 e. The van der Waals surface area contributed by atoms with E-state index in [1.165, 1.54) is 18.4 Å². The Labute approximate surface area is 132 Å². The maximum Gasteiger partial charge on any atom is 0.305 e. The Morgan fingerprint density at radius 1 is 1.22 bits per heavy atom. The SMILES string of the molecule is O=C(C[n+]1ccccc1)N/N=C/C=Cc1ccccc1[N+](=O)[O-]. The number of carbonyl (C=O) groups is 1. The lowest BCUT2D eigenvalue weighted by Gasteiger charge is -1.96. The van der Waals surface area contributed by atoms with Crippen LogP contribution in [-0.4, -0.2) is 17.0 Å². The summed E-state index contributed by atoms with van der Waals surface area (Å²) in [6, 6.07) is 11.9. The average molecular weight is 311 g/mol. The molecule has 1 N–H and O–H groups in total. The third kappa shape index (κ3) is 5.16. The van der Waals surface area contributed by atoms with E-state index in [1.54, 1.807) is 41.2 Å². The van der Waals surface area contributed by atoms with Gasteiger partial charge in [0.15, 0.2) is 12.4 Å². The summed E-state index contributed by atoms with van der Waals surface area (Å²) in [5, 5.41) is 14.6. The average Bonchev–Trinajstić information content (AvgIpc) is 2.55. The van der Waals surface area contributed by atoms with Gasteiger partial charge in [0.2, 0.25) is 6.54 Å². The summed E-state index contributed by atoms with van der Waals surface area (Å²) in [6.45, 7) is 0.159. The fourth-order valence-corrected chi connectivity index (χ4v) is 1.83. The molecule has 0 saturated carbocycles. The van der Waals surface area contributed by atoms with Crippen LogP contribution in [0.25, 0.3) is 6.08 Å². The Hall–Kier alpha value is -3.35. The van der Waals surface area contributed by atoms with Crippen molar-refractivity contribution in [1.82, 2.24) is 5.43 Å². The van der Waals surface area contributed by atoms with Gasteiger partial charge in [0.1, 0.15) is 0 Å². The highest BCUT2D eigenvalue weighted by atomic mass is 16.6. The Morgan fingerprint density at radius 2 is 1.96 bits per heavy atom. The van der Waals surface area contributed by atoms with Gasteiger partial charge in [-0.1, -0.05) is 18.2 Å². The predicted octanol–water partition coefficient (Wildman–Crippen LogP) is 1.70. The molecule has 23 heavy (non-hydrogen) atoms. The van der Waals surface area contributed by atoms with Crippen LogP contribution in [0.4, 0.5) is 5.69 Å². The van der Waals surface area contributed by atoms with Gasteiger partial charge < -0.3 is 0 Å². The quantitative estimate of drug-likeness (QED) is 0.381. The van der Waals surface area contributed by atoms with Gasteiger partial charge in [0.25, 0.3) is 5.69 Å². The fraction of sp³-hybridized carbons (Fsp3) is 0.0625. The van der Waals surface area contributed by atoms with Gasteiger partial charge in [0, 0.05) is 24.4 Å². The van der Waals surface area contributed by atoms with Gasteiger partial charge in [-0.25, -0.2) is 5.43 Å². The molecule has 7 nitrogen and oxygen atoms in total. The van der Waals surface area contributed by atoms with Crippen molar-refractivity contribution in [3.05, 3.63) is 76.6 Å². The summed E-state index contributed by atoms with van der Waals surface area (Å²) in [5.74, 6) is -0.267. The Kier molecular flexibility index (Phi) is 5.70. The maximum absolute atomic E-state index is 11.6. The molecule has 7 heteroatoms. The van der Waals surface area contributed by atoms with E-state index in [0.717, 1.165) is 0 Å². The fourth-order valence-electron chi connectivity index (χ4n) is 1.83. The molecule has 2 aromatic rings. The number of nitro benzene ring substituents is 1. The molecular weight excluding hydrogens is 296 g/mol. The number of hydrogen-bond donors (Lipinski definition) is 1. The predicted molar refractivity (Wildman–Crippen MR) is 85.4 cm³/mol. The minimum absolute atomic E-state index is 0.0154. The summed E-state index contributed by atoms with van der Waals surface area (Å²) in [7, 11) is 0. The van der Waals surface area contributed by atoms with E-state index < -0.39 is 4.92 Å². The van der Waals surface area contributed by atoms with E-state index in [9.17, 15) is 14.9 Å². The molecule has 1 aromatic heterocycles. The molecule has 1 heterocycles. The van der Waals surface area contributed by atoms with Crippen LogP contribution in [0.2, 0.25) is 0 Å². The van der Waals surface area contributed by atoms with Crippen molar-refractivity contribution in [3.63, 3.8) is 0 Å². The molecule has 0 unspecified atom stereocenters. The second kappa shape index (κ2) is 8.18. The number of hydrogen-bond acceptors (Lipinski definition) is 4. The van der Waals surface area contributed by atoms with E-state index in [2.05, 4.69) is 10.5 Å². The third-order valence-corrected chi connectivity index (χ3v) is 2.86. The number of pyridine rings is 1. The standard InChI is InChI=1S/C16H14N4O3/c21-16(13-19-11-4-1-5-12-19)18-17-10-6-8-14-7-2-3-9-15(14)20(22)23/h1-12H,13H2/p+1/b8-6?,17-10+. The first kappa shape index (κ1) is 16.0. The second-order valence-electron chi connectivity index (χ2n) is 4.54. The molecule has 0 fully saturated rings. The lowest BCUT2D eigenvalue weighted by Crippen LogP contribution is -2.40. The van der Waals surface area contributed by atoms with Crippen LogP contribution in [0.1, 0.15) is 5.56 Å². The highest BCUT2D eigenvalue weighted by Gasteiger charge is 2.08. The number of nitrogens with one attached hydrogen (secondary N) is 1. The molecule has 116 valence electrons. The lowest BCUT2D eigenvalue weighted by molar-refractivity contribution is -0.684. The minimum atomic E-state index is -0.449. The number of rotatable bonds is 6. The van der Waals surface area contributed by atoms with E-state index >= 15 is 0 Å². The smallest absolute Gasteiger partial charge is 0.266 e. The normalized spacial score (nSPS) is 11.0. The number of para-hydroxylation sites is 1. The third-order valence-electron chi connectivity index (χ3n) is 2.86. The van der Waals surface area contributed by atoms with Crippen LogP contribution < -0.4 is 9.99 Å². The summed E-state index contributed by atoms with van der Waals surface area (Å²) in [6.07, 6.45) is 8.00. The summed E-state index contributed by atoms with van der Waals surface area (Å²) in [4.78, 5) is 22.0. The molecule has 0 atom stereocenters. The number of nitro groups is 1. The lowest BCUT2D eigenvalue weighted by atomic mass is 10.2. The number of carbonyl (C=O) groups excluding carboxylic acids is 1. The van der Waals surface area contributed by atoms with Gasteiger partial charge in [-0.3, -0.25) is 14.9 Å². The molecule has 1 amide bonds. The first-order valence-electron chi connectivity index (χ1n) is 6.83. The van der Waals surface area contributed by atoms with Crippen molar-refractivity contribution in [2.24, 2.45) is 5.10 Å². The van der Waals surface area contributed by atoms with Gasteiger partial charge in [-0.05, 0) is 18.2 Å². The monoisotopic (exact) mass is 311 g/mol. The molecule has 0 aliphatic heterocycles.